The van der Waals surface area contributed by atoms with Crippen LogP contribution in [0.15, 0.2) is 73.1 Å². The number of rotatable bonds is 7. The Labute approximate surface area is 179 Å². The van der Waals surface area contributed by atoms with Crippen LogP contribution in [0, 0.1) is 0 Å². The summed E-state index contributed by atoms with van der Waals surface area (Å²) in [4.78, 5) is 4.16. The van der Waals surface area contributed by atoms with Crippen molar-refractivity contribution in [2.75, 3.05) is 7.11 Å². The zero-order valence-electron chi connectivity index (χ0n) is 16.8. The summed E-state index contributed by atoms with van der Waals surface area (Å²) >= 11 is 0. The first-order chi connectivity index (χ1) is 13.8. The molecule has 1 aliphatic rings. The summed E-state index contributed by atoms with van der Waals surface area (Å²) in [7, 11) is 1.71. The van der Waals surface area contributed by atoms with Crippen LogP contribution in [-0.4, -0.2) is 18.2 Å². The molecule has 0 saturated heterocycles. The Bertz CT molecular complexity index is 880. The number of nitrogens with zero attached hydrogens (tertiary/aromatic N) is 1. The van der Waals surface area contributed by atoms with Gasteiger partial charge in [-0.3, -0.25) is 4.98 Å². The molecule has 152 valence electrons. The molecule has 29 heavy (non-hydrogen) atoms. The molecular formula is C25H28ClNO2. The molecule has 3 nitrogen and oxygen atoms in total. The van der Waals surface area contributed by atoms with Crippen molar-refractivity contribution in [1.82, 2.24) is 4.98 Å². The number of pyridine rings is 1. The predicted molar refractivity (Wildman–Crippen MR) is 119 cm³/mol. The van der Waals surface area contributed by atoms with Crippen LogP contribution in [0.3, 0.4) is 0 Å². The summed E-state index contributed by atoms with van der Waals surface area (Å²) in [6.07, 6.45) is 9.71. The first-order valence-corrected chi connectivity index (χ1v) is 10.1. The molecule has 3 aromatic rings. The third kappa shape index (κ3) is 5.30. The van der Waals surface area contributed by atoms with Crippen LogP contribution in [0.25, 0.3) is 0 Å². The van der Waals surface area contributed by atoms with Gasteiger partial charge in [-0.05, 0) is 73.1 Å². The molecule has 0 radical (unpaired) electrons. The summed E-state index contributed by atoms with van der Waals surface area (Å²) in [5.74, 6) is 1.93. The summed E-state index contributed by atoms with van der Waals surface area (Å²) in [5.41, 5.74) is 3.83. The van der Waals surface area contributed by atoms with Crippen LogP contribution < -0.4 is 9.47 Å². The lowest BCUT2D eigenvalue weighted by atomic mass is 9.86. The average Bonchev–Trinajstić information content (AvgIpc) is 3.26. The van der Waals surface area contributed by atoms with Crippen LogP contribution >= 0.6 is 12.4 Å². The normalized spacial score (nSPS) is 14.8. The molecule has 4 heteroatoms. The maximum absolute atomic E-state index is 6.34. The van der Waals surface area contributed by atoms with E-state index in [2.05, 4.69) is 59.6 Å². The Balaban J connectivity index is 0.00000240. The van der Waals surface area contributed by atoms with Gasteiger partial charge in [0.2, 0.25) is 0 Å². The molecule has 0 spiro atoms. The Morgan fingerprint density at radius 1 is 0.897 bits per heavy atom. The van der Waals surface area contributed by atoms with Gasteiger partial charge in [0.25, 0.3) is 0 Å². The highest BCUT2D eigenvalue weighted by Gasteiger charge is 2.21. The molecule has 0 N–H and O–H groups in total. The smallest absolute Gasteiger partial charge is 0.161 e. The fourth-order valence-electron chi connectivity index (χ4n) is 4.06. The van der Waals surface area contributed by atoms with E-state index in [9.17, 15) is 0 Å². The van der Waals surface area contributed by atoms with Gasteiger partial charge in [0.1, 0.15) is 0 Å². The quantitative estimate of drug-likeness (QED) is 0.465. The van der Waals surface area contributed by atoms with Gasteiger partial charge >= 0.3 is 0 Å². The molecule has 4 rings (SSSR count). The third-order valence-corrected chi connectivity index (χ3v) is 5.58. The fraction of sp³-hybridized carbons (Fsp3) is 0.320. The number of methoxy groups -OCH3 is 1. The number of aromatic nitrogens is 1. The number of ether oxygens (including phenoxy) is 2. The number of benzene rings is 2. The van der Waals surface area contributed by atoms with E-state index >= 15 is 0 Å². The first kappa shape index (κ1) is 21.2. The molecule has 2 aromatic carbocycles. The number of halogens is 1. The second kappa shape index (κ2) is 10.3. The van der Waals surface area contributed by atoms with Crippen LogP contribution in [0.1, 0.15) is 48.3 Å². The van der Waals surface area contributed by atoms with E-state index in [1.54, 1.807) is 7.11 Å². The zero-order valence-corrected chi connectivity index (χ0v) is 17.6. The lowest BCUT2D eigenvalue weighted by Gasteiger charge is -2.22. The van der Waals surface area contributed by atoms with E-state index in [4.69, 9.17) is 9.47 Å². The minimum Gasteiger partial charge on any atom is -0.493 e. The highest BCUT2D eigenvalue weighted by atomic mass is 35.5. The topological polar surface area (TPSA) is 31.4 Å². The molecule has 1 aromatic heterocycles. The van der Waals surface area contributed by atoms with E-state index in [1.807, 2.05) is 18.5 Å². The van der Waals surface area contributed by atoms with Gasteiger partial charge in [0, 0.05) is 18.3 Å². The highest BCUT2D eigenvalue weighted by Crippen LogP contribution is 2.37. The molecule has 1 saturated carbocycles. The largest absolute Gasteiger partial charge is 0.493 e. The second-order valence-electron chi connectivity index (χ2n) is 7.46. The van der Waals surface area contributed by atoms with Crippen LogP contribution in [-0.2, 0) is 6.42 Å². The summed E-state index contributed by atoms with van der Waals surface area (Å²) < 4.78 is 11.9. The van der Waals surface area contributed by atoms with Crippen LogP contribution in [0.2, 0.25) is 0 Å². The molecular weight excluding hydrogens is 382 g/mol. The zero-order chi connectivity index (χ0) is 19.2. The lowest BCUT2D eigenvalue weighted by molar-refractivity contribution is 0.200. The SMILES string of the molecule is COc1ccc([C@H](Cc2ccncc2)c2ccccc2)cc1OC1CCCC1.Cl. The van der Waals surface area contributed by atoms with E-state index < -0.39 is 0 Å². The summed E-state index contributed by atoms with van der Waals surface area (Å²) in [5, 5.41) is 0. The molecule has 1 fully saturated rings. The van der Waals surface area contributed by atoms with Gasteiger partial charge in [-0.15, -0.1) is 12.4 Å². The van der Waals surface area contributed by atoms with Crippen LogP contribution in [0.5, 0.6) is 11.5 Å². The third-order valence-electron chi connectivity index (χ3n) is 5.58. The Kier molecular flexibility index (Phi) is 7.54. The molecule has 0 bridgehead atoms. The predicted octanol–water partition coefficient (Wildman–Crippen LogP) is 6.21. The van der Waals surface area contributed by atoms with Crippen molar-refractivity contribution in [3.05, 3.63) is 89.7 Å². The Morgan fingerprint density at radius 3 is 2.31 bits per heavy atom. The molecule has 0 unspecified atom stereocenters. The maximum Gasteiger partial charge on any atom is 0.161 e. The standard InChI is InChI=1S/C25H27NO2.ClH/c1-27-24-12-11-21(18-25(24)28-22-9-5-6-10-22)23(20-7-3-2-4-8-20)17-19-13-15-26-16-14-19;/h2-4,7-8,11-16,18,22-23H,5-6,9-10,17H2,1H3;1H/t23-;/m1./s1. The van der Waals surface area contributed by atoms with E-state index in [1.165, 1.54) is 29.5 Å². The van der Waals surface area contributed by atoms with Gasteiger partial charge in [0.05, 0.1) is 13.2 Å². The molecule has 1 atom stereocenters. The van der Waals surface area contributed by atoms with Crippen molar-refractivity contribution in [3.8, 4) is 11.5 Å². The lowest BCUT2D eigenvalue weighted by Crippen LogP contribution is -2.12. The summed E-state index contributed by atoms with van der Waals surface area (Å²) in [6, 6.07) is 21.3. The molecule has 0 amide bonds. The molecule has 1 aliphatic carbocycles. The van der Waals surface area contributed by atoms with E-state index in [-0.39, 0.29) is 18.3 Å². The molecule has 1 heterocycles. The van der Waals surface area contributed by atoms with Crippen LogP contribution in [0.4, 0.5) is 0 Å². The van der Waals surface area contributed by atoms with Gasteiger partial charge in [-0.1, -0.05) is 36.4 Å². The minimum atomic E-state index is 0. The second-order valence-corrected chi connectivity index (χ2v) is 7.46. The van der Waals surface area contributed by atoms with E-state index in [0.29, 0.717) is 6.10 Å². The van der Waals surface area contributed by atoms with Gasteiger partial charge in [-0.2, -0.15) is 0 Å². The van der Waals surface area contributed by atoms with E-state index in [0.717, 1.165) is 30.8 Å². The van der Waals surface area contributed by atoms with Crippen molar-refractivity contribution in [2.24, 2.45) is 0 Å². The van der Waals surface area contributed by atoms with Gasteiger partial charge in [0.15, 0.2) is 11.5 Å². The fourth-order valence-corrected chi connectivity index (χ4v) is 4.06. The molecule has 0 aliphatic heterocycles. The average molecular weight is 410 g/mol. The minimum absolute atomic E-state index is 0. The Morgan fingerprint density at radius 2 is 1.62 bits per heavy atom. The summed E-state index contributed by atoms with van der Waals surface area (Å²) in [6.45, 7) is 0. The highest BCUT2D eigenvalue weighted by molar-refractivity contribution is 5.85. The number of hydrogen-bond donors (Lipinski definition) is 0. The Hall–Kier alpha value is -2.52. The van der Waals surface area contributed by atoms with Crippen molar-refractivity contribution in [2.45, 2.75) is 44.1 Å². The van der Waals surface area contributed by atoms with Crippen molar-refractivity contribution >= 4 is 12.4 Å². The van der Waals surface area contributed by atoms with Crippen molar-refractivity contribution < 1.29 is 9.47 Å². The van der Waals surface area contributed by atoms with Gasteiger partial charge < -0.3 is 9.47 Å². The monoisotopic (exact) mass is 409 g/mol. The first-order valence-electron chi connectivity index (χ1n) is 10.1. The van der Waals surface area contributed by atoms with Crippen molar-refractivity contribution in [3.63, 3.8) is 0 Å². The maximum atomic E-state index is 6.34. The number of hydrogen-bond acceptors (Lipinski definition) is 3. The van der Waals surface area contributed by atoms with Crippen molar-refractivity contribution in [1.29, 1.82) is 0 Å². The van der Waals surface area contributed by atoms with Gasteiger partial charge in [-0.25, -0.2) is 0 Å².